The fourth-order valence-corrected chi connectivity index (χ4v) is 1.33. The van der Waals surface area contributed by atoms with Crippen LogP contribution in [0.25, 0.3) is 10.4 Å². The van der Waals surface area contributed by atoms with Gasteiger partial charge in [-0.3, -0.25) is 0 Å². The SMILES string of the molecule is COc1cc(F)cc(Br)c1N=[N+]=[N-]. The van der Waals surface area contributed by atoms with Crippen LogP contribution >= 0.6 is 15.9 Å². The highest BCUT2D eigenvalue weighted by Gasteiger charge is 2.07. The Kier molecular flexibility index (Phi) is 3.11. The molecule has 4 nitrogen and oxygen atoms in total. The van der Waals surface area contributed by atoms with Crippen LogP contribution in [0.1, 0.15) is 0 Å². The number of hydrogen-bond donors (Lipinski definition) is 0. The van der Waals surface area contributed by atoms with Crippen molar-refractivity contribution in [1.29, 1.82) is 0 Å². The number of ether oxygens (including phenoxy) is 1. The summed E-state index contributed by atoms with van der Waals surface area (Å²) in [6, 6.07) is 2.35. The lowest BCUT2D eigenvalue weighted by atomic mass is 10.3. The van der Waals surface area contributed by atoms with Crippen molar-refractivity contribution < 1.29 is 9.13 Å². The van der Waals surface area contributed by atoms with E-state index >= 15 is 0 Å². The van der Waals surface area contributed by atoms with E-state index in [1.54, 1.807) is 0 Å². The number of halogens is 2. The van der Waals surface area contributed by atoms with Crippen molar-refractivity contribution in [3.05, 3.63) is 32.9 Å². The van der Waals surface area contributed by atoms with Gasteiger partial charge in [-0.15, -0.1) is 0 Å². The minimum absolute atomic E-state index is 0.199. The molecule has 0 saturated heterocycles. The summed E-state index contributed by atoms with van der Waals surface area (Å²) in [5, 5.41) is 3.36. The molecular formula is C7H5BrFN3O. The number of rotatable bonds is 2. The number of azide groups is 1. The quantitative estimate of drug-likeness (QED) is 0.447. The van der Waals surface area contributed by atoms with Crippen LogP contribution in [0.5, 0.6) is 5.75 Å². The summed E-state index contributed by atoms with van der Waals surface area (Å²) in [4.78, 5) is 2.60. The first kappa shape index (κ1) is 9.83. The minimum Gasteiger partial charge on any atom is -0.496 e. The second kappa shape index (κ2) is 4.11. The van der Waals surface area contributed by atoms with Crippen molar-refractivity contribution in [3.8, 4) is 5.75 Å². The molecule has 6 heteroatoms. The van der Waals surface area contributed by atoms with Crippen LogP contribution in [-0.4, -0.2) is 7.11 Å². The molecule has 0 unspecified atom stereocenters. The number of benzene rings is 1. The van der Waals surface area contributed by atoms with Gasteiger partial charge in [-0.25, -0.2) is 4.39 Å². The van der Waals surface area contributed by atoms with E-state index in [1.807, 2.05) is 0 Å². The van der Waals surface area contributed by atoms with Crippen LogP contribution in [0, 0.1) is 5.82 Å². The van der Waals surface area contributed by atoms with Crippen LogP contribution in [0.15, 0.2) is 21.7 Å². The summed E-state index contributed by atoms with van der Waals surface area (Å²) >= 11 is 3.05. The molecule has 0 aromatic heterocycles. The maximum absolute atomic E-state index is 12.8. The molecule has 1 aromatic rings. The number of methoxy groups -OCH3 is 1. The molecular weight excluding hydrogens is 241 g/mol. The summed E-state index contributed by atoms with van der Waals surface area (Å²) in [5.74, 6) is -0.259. The van der Waals surface area contributed by atoms with Crippen LogP contribution in [0.4, 0.5) is 10.1 Å². The molecule has 0 radical (unpaired) electrons. The Labute approximate surface area is 82.1 Å². The van der Waals surface area contributed by atoms with Gasteiger partial charge < -0.3 is 4.74 Å². The zero-order chi connectivity index (χ0) is 9.84. The Morgan fingerprint density at radius 1 is 1.62 bits per heavy atom. The Hall–Kier alpha value is -1.26. The zero-order valence-electron chi connectivity index (χ0n) is 6.66. The van der Waals surface area contributed by atoms with E-state index in [0.717, 1.165) is 6.07 Å². The highest BCUT2D eigenvalue weighted by molar-refractivity contribution is 9.10. The van der Waals surface area contributed by atoms with Crippen molar-refractivity contribution in [1.82, 2.24) is 0 Å². The van der Waals surface area contributed by atoms with Gasteiger partial charge in [-0.1, -0.05) is 21.0 Å². The second-order valence-corrected chi connectivity index (χ2v) is 2.98. The normalized spacial score (nSPS) is 9.15. The summed E-state index contributed by atoms with van der Waals surface area (Å²) in [7, 11) is 1.37. The molecule has 0 aliphatic carbocycles. The highest BCUT2D eigenvalue weighted by atomic mass is 79.9. The van der Waals surface area contributed by atoms with E-state index in [0.29, 0.717) is 4.47 Å². The number of hydrogen-bond acceptors (Lipinski definition) is 2. The lowest BCUT2D eigenvalue weighted by Gasteiger charge is -2.05. The minimum atomic E-state index is -0.458. The maximum atomic E-state index is 12.8. The van der Waals surface area contributed by atoms with Gasteiger partial charge in [0.05, 0.1) is 12.8 Å². The molecule has 0 atom stereocenters. The molecule has 0 fully saturated rings. The molecule has 1 aromatic carbocycles. The van der Waals surface area contributed by atoms with Crippen molar-refractivity contribution in [2.24, 2.45) is 5.11 Å². The van der Waals surface area contributed by atoms with Gasteiger partial charge in [0.1, 0.15) is 11.6 Å². The topological polar surface area (TPSA) is 58.0 Å². The average molecular weight is 246 g/mol. The standard InChI is InChI=1S/C7H5BrFN3O/c1-13-6-3-4(9)2-5(8)7(6)11-12-10/h2-3H,1H3. The molecule has 0 saturated carbocycles. The van der Waals surface area contributed by atoms with E-state index in [1.165, 1.54) is 13.2 Å². The van der Waals surface area contributed by atoms with E-state index in [-0.39, 0.29) is 11.4 Å². The molecule has 0 N–H and O–H groups in total. The van der Waals surface area contributed by atoms with Crippen LogP contribution < -0.4 is 4.74 Å². The fraction of sp³-hybridized carbons (Fsp3) is 0.143. The third-order valence-electron chi connectivity index (χ3n) is 1.36. The van der Waals surface area contributed by atoms with Crippen molar-refractivity contribution >= 4 is 21.6 Å². The van der Waals surface area contributed by atoms with Gasteiger partial charge in [-0.2, -0.15) is 0 Å². The molecule has 13 heavy (non-hydrogen) atoms. The van der Waals surface area contributed by atoms with Crippen LogP contribution in [0.2, 0.25) is 0 Å². The molecule has 0 amide bonds. The lowest BCUT2D eigenvalue weighted by Crippen LogP contribution is -1.85. The van der Waals surface area contributed by atoms with E-state index in [9.17, 15) is 4.39 Å². The molecule has 68 valence electrons. The Morgan fingerprint density at radius 3 is 2.85 bits per heavy atom. The summed E-state index contributed by atoms with van der Waals surface area (Å²) in [5.41, 5.74) is 8.46. The third kappa shape index (κ3) is 2.11. The zero-order valence-corrected chi connectivity index (χ0v) is 8.25. The lowest BCUT2D eigenvalue weighted by molar-refractivity contribution is 0.412. The fourth-order valence-electron chi connectivity index (χ4n) is 0.840. The smallest absolute Gasteiger partial charge is 0.132 e. The van der Waals surface area contributed by atoms with Gasteiger partial charge in [-0.05, 0) is 11.6 Å². The summed E-state index contributed by atoms with van der Waals surface area (Å²) in [6.07, 6.45) is 0. The van der Waals surface area contributed by atoms with Gasteiger partial charge >= 0.3 is 0 Å². The Bertz CT molecular complexity index is 376. The largest absolute Gasteiger partial charge is 0.496 e. The molecule has 1 rings (SSSR count). The van der Waals surface area contributed by atoms with Crippen molar-refractivity contribution in [2.45, 2.75) is 0 Å². The maximum Gasteiger partial charge on any atom is 0.132 e. The first-order valence-electron chi connectivity index (χ1n) is 3.27. The average Bonchev–Trinajstić information content (AvgIpc) is 2.09. The summed E-state index contributed by atoms with van der Waals surface area (Å²) < 4.78 is 18.0. The Morgan fingerprint density at radius 2 is 2.31 bits per heavy atom. The molecule has 0 bridgehead atoms. The molecule has 0 aliphatic heterocycles. The molecule has 0 spiro atoms. The Balaban J connectivity index is 3.37. The summed E-state index contributed by atoms with van der Waals surface area (Å²) in [6.45, 7) is 0. The third-order valence-corrected chi connectivity index (χ3v) is 1.96. The predicted molar refractivity (Wildman–Crippen MR) is 49.5 cm³/mol. The van der Waals surface area contributed by atoms with Crippen molar-refractivity contribution in [3.63, 3.8) is 0 Å². The monoisotopic (exact) mass is 245 g/mol. The van der Waals surface area contributed by atoms with Crippen LogP contribution in [0.3, 0.4) is 0 Å². The van der Waals surface area contributed by atoms with E-state index in [2.05, 4.69) is 26.0 Å². The van der Waals surface area contributed by atoms with Gasteiger partial charge in [0, 0.05) is 15.5 Å². The predicted octanol–water partition coefficient (Wildman–Crippen LogP) is 3.54. The van der Waals surface area contributed by atoms with Gasteiger partial charge in [0.15, 0.2) is 0 Å². The number of nitrogens with zero attached hydrogens (tertiary/aromatic N) is 3. The van der Waals surface area contributed by atoms with Gasteiger partial charge in [0.2, 0.25) is 0 Å². The van der Waals surface area contributed by atoms with E-state index < -0.39 is 5.82 Å². The van der Waals surface area contributed by atoms with Crippen molar-refractivity contribution in [2.75, 3.05) is 7.11 Å². The molecule has 0 heterocycles. The van der Waals surface area contributed by atoms with Crippen LogP contribution in [-0.2, 0) is 0 Å². The second-order valence-electron chi connectivity index (χ2n) is 2.13. The van der Waals surface area contributed by atoms with Gasteiger partial charge in [0.25, 0.3) is 0 Å². The highest BCUT2D eigenvalue weighted by Crippen LogP contribution is 2.36. The first-order chi connectivity index (χ1) is 6.19. The van der Waals surface area contributed by atoms with E-state index in [4.69, 9.17) is 10.3 Å². The molecule has 0 aliphatic rings. The first-order valence-corrected chi connectivity index (χ1v) is 4.06.